The molecule has 2 saturated carbocycles. The molecule has 10 aromatic rings. The number of carbonyl (C=O) groups excluding carboxylic acids is 4. The first-order chi connectivity index (χ1) is 52.6. The van der Waals surface area contributed by atoms with E-state index in [0.717, 1.165) is 59.1 Å². The van der Waals surface area contributed by atoms with Crippen molar-refractivity contribution in [2.45, 2.75) is 181 Å². The number of nitrogens with two attached hydrogens (primary N) is 2. The van der Waals surface area contributed by atoms with Crippen molar-refractivity contribution < 1.29 is 51.5 Å². The minimum atomic E-state index is -1.49. The standard InChI is InChI=1S/C38H47FN6O4S.C29H31FN6O.C17H21N3O4.ClH/c1-25-20-33(45(43-25)30-12-8-10-27(21-30)23-41-35(47)49-36(2,3)4)34(46)42-32-22-28(15-16-31(32)39)38(18-17-26-13-14-26,29-11-9-19-40-24-29)44-50(48)37(5,6)7;1-19-14-27(36(35-19)24-6-2-4-21(15-24)17-31)28(37)34-26-16-22(9-10-25(26)30)29(32,12-11-20-7-8-20)23-5-3-13-33-18-23;1-11-8-14(15(21)22)20(19-11)13-7-5-6-12(9-13)10-18-16(23)24-17(2,3)4;/h8-12,15-16,19-22,24,26,44H,13-14,17-18,23H2,1-7H3,(H,41,47)(H,42,46);2-6,9-10,13-16,18,20H,7-8,11-12,17,31-32H2,1H3,(H,34,37);5-9H,10H2,1-4H3,(H,18,23)(H,21,22);1H/t38?,50-;;;/m0.../s1. The molecule has 3 atom stereocenters. The van der Waals surface area contributed by atoms with Gasteiger partial charge in [-0.05, 0) is 251 Å². The maximum absolute atomic E-state index is 15.6. The Labute approximate surface area is 660 Å². The van der Waals surface area contributed by atoms with E-state index in [9.17, 15) is 37.7 Å². The van der Waals surface area contributed by atoms with Gasteiger partial charge in [-0.2, -0.15) is 15.3 Å². The molecule has 5 heterocycles. The van der Waals surface area contributed by atoms with E-state index in [2.05, 4.69) is 51.3 Å². The summed E-state index contributed by atoms with van der Waals surface area (Å²) in [5.74, 6) is -1.98. The van der Waals surface area contributed by atoms with Crippen LogP contribution in [0.25, 0.3) is 17.1 Å². The molecule has 0 spiro atoms. The highest BCUT2D eigenvalue weighted by molar-refractivity contribution is 7.84. The summed E-state index contributed by atoms with van der Waals surface area (Å²) in [4.78, 5) is 71.1. The molecule has 2 fully saturated rings. The molecular formula is C84H100ClF2N15O9S. The number of hydrogen-bond acceptors (Lipinski definition) is 15. The number of pyridine rings is 2. The molecule has 2 aliphatic carbocycles. The molecule has 0 radical (unpaired) electrons. The molecule has 24 nitrogen and oxygen atoms in total. The monoisotopic (exact) mass is 1570 g/mol. The zero-order chi connectivity index (χ0) is 80.2. The largest absolute Gasteiger partial charge is 0.477 e. The molecule has 112 heavy (non-hydrogen) atoms. The summed E-state index contributed by atoms with van der Waals surface area (Å²) >= 11 is 0. The number of nitrogens with one attached hydrogen (secondary N) is 5. The Morgan fingerprint density at radius 1 is 0.527 bits per heavy atom. The number of amides is 4. The first-order valence-corrected chi connectivity index (χ1v) is 38.1. The second kappa shape index (κ2) is 36.5. The van der Waals surface area contributed by atoms with Crippen molar-refractivity contribution in [1.82, 2.24) is 54.7 Å². The average molecular weight is 1570 g/mol. The lowest BCUT2D eigenvalue weighted by atomic mass is 9.80. The SMILES string of the molecule is Cc1cc(C(=O)Nc2cc(C(CCC3CC3)(N[S@@](=O)C(C)(C)C)c3cccnc3)ccc2F)n(-c2cccc(CNC(=O)OC(C)(C)C)c2)n1.Cc1cc(C(=O)Nc2cc(C(N)(CCC3CC3)c3cccnc3)ccc2F)n(-c2cccc(CN)c2)n1.Cc1cc(C(=O)O)n(-c2cccc(CNC(=O)OC(C)(C)C)c2)n1.Cl. The fourth-order valence-electron chi connectivity index (χ4n) is 12.4. The first-order valence-electron chi connectivity index (χ1n) is 36.9. The molecule has 0 aliphatic heterocycles. The smallest absolute Gasteiger partial charge is 0.407 e. The van der Waals surface area contributed by atoms with Gasteiger partial charge in [0, 0.05) is 44.4 Å². The Kier molecular flexibility index (Phi) is 27.8. The number of aryl methyl sites for hydroxylation is 3. The van der Waals surface area contributed by atoms with Crippen LogP contribution in [-0.2, 0) is 51.2 Å². The Hall–Kier alpha value is -10.8. The van der Waals surface area contributed by atoms with Crippen molar-refractivity contribution in [3.05, 3.63) is 261 Å². The number of rotatable bonds is 25. The number of carboxylic acid groups (broad SMARTS) is 1. The van der Waals surface area contributed by atoms with Crippen molar-refractivity contribution in [2.24, 2.45) is 23.3 Å². The van der Waals surface area contributed by atoms with Gasteiger partial charge in [-0.25, -0.2) is 46.1 Å². The van der Waals surface area contributed by atoms with Gasteiger partial charge in [0.15, 0.2) is 5.69 Å². The summed E-state index contributed by atoms with van der Waals surface area (Å²) in [6, 6.07) is 43.6. The van der Waals surface area contributed by atoms with Crippen molar-refractivity contribution in [1.29, 1.82) is 0 Å². The van der Waals surface area contributed by atoms with Crippen molar-refractivity contribution in [3.8, 4) is 17.1 Å². The number of hydrogen-bond donors (Lipinski definition) is 8. The number of aromatic carboxylic acids is 1. The number of nitrogens with zero attached hydrogens (tertiary/aromatic N) is 8. The van der Waals surface area contributed by atoms with E-state index in [0.29, 0.717) is 70.9 Å². The fourth-order valence-corrected chi connectivity index (χ4v) is 13.4. The van der Waals surface area contributed by atoms with Gasteiger partial charge >= 0.3 is 18.2 Å². The zero-order valence-electron chi connectivity index (χ0n) is 65.2. The molecule has 4 amide bonds. The summed E-state index contributed by atoms with van der Waals surface area (Å²) in [5, 5.41) is 33.4. The third-order valence-electron chi connectivity index (χ3n) is 18.4. The van der Waals surface area contributed by atoms with Crippen LogP contribution in [0.2, 0.25) is 0 Å². The zero-order valence-corrected chi connectivity index (χ0v) is 66.8. The average Bonchev–Trinajstić information content (AvgIpc) is 0.936. The van der Waals surface area contributed by atoms with Crippen LogP contribution in [0.1, 0.15) is 201 Å². The number of alkyl carbamates (subject to hydrolysis) is 2. The van der Waals surface area contributed by atoms with Crippen LogP contribution in [0.15, 0.2) is 176 Å². The van der Waals surface area contributed by atoms with E-state index >= 15 is 4.39 Å². The second-order valence-electron chi connectivity index (χ2n) is 31.1. The van der Waals surface area contributed by atoms with Gasteiger partial charge in [0.1, 0.15) is 34.2 Å². The van der Waals surface area contributed by atoms with Crippen LogP contribution >= 0.6 is 12.4 Å². The quantitative estimate of drug-likeness (QED) is 0.0264. The number of ether oxygens (including phenoxy) is 2. The molecular weight excluding hydrogens is 1470 g/mol. The molecule has 0 saturated heterocycles. The van der Waals surface area contributed by atoms with E-state index in [1.807, 2.05) is 87.5 Å². The lowest BCUT2D eigenvalue weighted by molar-refractivity contribution is 0.0512. The molecule has 10 N–H and O–H groups in total. The molecule has 5 aromatic heterocycles. The summed E-state index contributed by atoms with van der Waals surface area (Å²) in [6.07, 6.45) is 13.7. The Morgan fingerprint density at radius 3 is 1.36 bits per heavy atom. The lowest BCUT2D eigenvalue weighted by Crippen LogP contribution is -2.49. The van der Waals surface area contributed by atoms with Gasteiger partial charge in [0.05, 0.1) is 72.3 Å². The van der Waals surface area contributed by atoms with Crippen LogP contribution in [-0.4, -0.2) is 94.5 Å². The summed E-state index contributed by atoms with van der Waals surface area (Å²) < 4.78 is 62.1. The highest BCUT2D eigenvalue weighted by Gasteiger charge is 2.41. The van der Waals surface area contributed by atoms with Crippen LogP contribution in [0, 0.1) is 44.2 Å². The van der Waals surface area contributed by atoms with E-state index in [1.165, 1.54) is 40.4 Å². The molecule has 12 rings (SSSR count). The maximum Gasteiger partial charge on any atom is 0.407 e. The van der Waals surface area contributed by atoms with Crippen molar-refractivity contribution >= 4 is 64.7 Å². The normalized spacial score (nSPS) is 14.1. The number of halogens is 3. The van der Waals surface area contributed by atoms with E-state index < -0.39 is 79.6 Å². The van der Waals surface area contributed by atoms with Crippen LogP contribution in [0.3, 0.4) is 0 Å². The number of anilines is 2. The maximum atomic E-state index is 15.6. The number of carbonyl (C=O) groups is 5. The summed E-state index contributed by atoms with van der Waals surface area (Å²) in [5.41, 5.74) is 19.7. The Bertz CT molecular complexity index is 4990. The molecule has 592 valence electrons. The summed E-state index contributed by atoms with van der Waals surface area (Å²) in [7, 11) is -1.49. The second-order valence-corrected chi connectivity index (χ2v) is 33.0. The van der Waals surface area contributed by atoms with E-state index in [4.69, 9.17) is 20.9 Å². The van der Waals surface area contributed by atoms with Crippen molar-refractivity contribution in [2.75, 3.05) is 10.6 Å². The van der Waals surface area contributed by atoms with E-state index in [-0.39, 0.29) is 54.0 Å². The Morgan fingerprint density at radius 2 is 0.938 bits per heavy atom. The molecule has 5 aromatic carbocycles. The first kappa shape index (κ1) is 85.2. The number of aromatic nitrogens is 8. The Balaban J connectivity index is 0.000000204. The molecule has 2 unspecified atom stereocenters. The number of benzene rings is 5. The lowest BCUT2D eigenvalue weighted by Gasteiger charge is -2.38. The van der Waals surface area contributed by atoms with Crippen molar-refractivity contribution in [3.63, 3.8) is 0 Å². The third-order valence-corrected chi connectivity index (χ3v) is 20.1. The highest BCUT2D eigenvalue weighted by atomic mass is 35.5. The van der Waals surface area contributed by atoms with Gasteiger partial charge in [-0.3, -0.25) is 19.6 Å². The minimum absolute atomic E-state index is 0. The predicted molar refractivity (Wildman–Crippen MR) is 431 cm³/mol. The fraction of sp³-hybridized carbons (Fsp3) is 0.357. The van der Waals surface area contributed by atoms with Gasteiger partial charge in [0.2, 0.25) is 0 Å². The molecule has 2 aliphatic rings. The third kappa shape index (κ3) is 22.9. The van der Waals surface area contributed by atoms with Gasteiger partial charge in [-0.1, -0.05) is 86.3 Å². The molecule has 28 heteroatoms. The van der Waals surface area contributed by atoms with Crippen LogP contribution in [0.5, 0.6) is 0 Å². The van der Waals surface area contributed by atoms with Crippen LogP contribution in [0.4, 0.5) is 29.7 Å². The summed E-state index contributed by atoms with van der Waals surface area (Å²) in [6.45, 7) is 22.6. The molecule has 0 bridgehead atoms. The topological polar surface area (TPSA) is 333 Å². The minimum Gasteiger partial charge on any atom is -0.477 e. The van der Waals surface area contributed by atoms with Gasteiger partial charge in [-0.15, -0.1) is 12.4 Å². The van der Waals surface area contributed by atoms with Crippen LogP contribution < -0.4 is 37.5 Å². The highest BCUT2D eigenvalue weighted by Crippen LogP contribution is 2.44. The van der Waals surface area contributed by atoms with Gasteiger partial charge in [0.25, 0.3) is 11.8 Å². The van der Waals surface area contributed by atoms with Gasteiger partial charge < -0.3 is 47.3 Å². The van der Waals surface area contributed by atoms with E-state index in [1.54, 1.807) is 159 Å². The number of carboxylic acids is 1. The predicted octanol–water partition coefficient (Wildman–Crippen LogP) is 15.6.